The van der Waals surface area contributed by atoms with Crippen molar-refractivity contribution < 1.29 is 9.59 Å². The van der Waals surface area contributed by atoms with Crippen LogP contribution >= 0.6 is 11.8 Å². The molecule has 1 heterocycles. The highest BCUT2D eigenvalue weighted by molar-refractivity contribution is 8.01. The van der Waals surface area contributed by atoms with Gasteiger partial charge in [-0.15, -0.1) is 11.8 Å². The van der Waals surface area contributed by atoms with Crippen LogP contribution < -0.4 is 16.0 Å². The van der Waals surface area contributed by atoms with E-state index in [2.05, 4.69) is 16.0 Å². The summed E-state index contributed by atoms with van der Waals surface area (Å²) in [6.07, 6.45) is 2.11. The van der Waals surface area contributed by atoms with Crippen molar-refractivity contribution in [3.63, 3.8) is 0 Å². The number of thioether (sulfide) groups is 1. The average Bonchev–Trinajstić information content (AvgIpc) is 2.55. The highest BCUT2D eigenvalue weighted by Crippen LogP contribution is 2.14. The summed E-state index contributed by atoms with van der Waals surface area (Å²) < 4.78 is 0. The van der Waals surface area contributed by atoms with E-state index in [0.717, 1.165) is 37.2 Å². The summed E-state index contributed by atoms with van der Waals surface area (Å²) >= 11 is 1.36. The predicted octanol–water partition coefficient (Wildman–Crippen LogP) is 1.92. The van der Waals surface area contributed by atoms with Gasteiger partial charge in [-0.05, 0) is 45.4 Å². The van der Waals surface area contributed by atoms with Crippen LogP contribution in [0.3, 0.4) is 0 Å². The molecule has 3 N–H and O–H groups in total. The Balaban J connectivity index is 1.70. The normalized spacial score (nSPS) is 19.0. The number of carbonyl (C=O) groups excluding carboxylic acids is 2. The second-order valence-electron chi connectivity index (χ2n) is 5.92. The van der Waals surface area contributed by atoms with E-state index in [1.165, 1.54) is 11.8 Å². The number of piperidine rings is 1. The van der Waals surface area contributed by atoms with Crippen LogP contribution in [0.5, 0.6) is 0 Å². The van der Waals surface area contributed by atoms with Crippen LogP contribution in [-0.4, -0.2) is 41.9 Å². The summed E-state index contributed by atoms with van der Waals surface area (Å²) in [7, 11) is 0. The summed E-state index contributed by atoms with van der Waals surface area (Å²) in [5, 5.41) is 8.93. The summed E-state index contributed by atoms with van der Waals surface area (Å²) in [5.41, 5.74) is 1.94. The van der Waals surface area contributed by atoms with Gasteiger partial charge in [0.25, 0.3) is 0 Å². The monoisotopic (exact) mass is 335 g/mol. The quantitative estimate of drug-likeness (QED) is 0.743. The number of anilines is 1. The van der Waals surface area contributed by atoms with Crippen molar-refractivity contribution in [1.29, 1.82) is 0 Å². The molecule has 1 aliphatic rings. The van der Waals surface area contributed by atoms with E-state index in [1.54, 1.807) is 0 Å². The average molecular weight is 335 g/mol. The summed E-state index contributed by atoms with van der Waals surface area (Å²) in [5.74, 6) is 0.190. The van der Waals surface area contributed by atoms with Gasteiger partial charge in [-0.1, -0.05) is 17.7 Å². The fourth-order valence-corrected chi connectivity index (χ4v) is 3.10. The standard InChI is InChI=1S/C17H25N3O2S/c1-12-5-7-14(8-6-12)19-16(21)11-23-13(2)17(22)20-15-4-3-9-18-10-15/h5-8,13,15,18H,3-4,9-11H2,1-2H3,(H,19,21)(H,20,22). The van der Waals surface area contributed by atoms with E-state index in [1.807, 2.05) is 38.1 Å². The van der Waals surface area contributed by atoms with Crippen LogP contribution in [0.4, 0.5) is 5.69 Å². The van der Waals surface area contributed by atoms with Gasteiger partial charge in [-0.2, -0.15) is 0 Å². The Kier molecular flexibility index (Phi) is 6.92. The Bertz CT molecular complexity index is 527. The van der Waals surface area contributed by atoms with Gasteiger partial charge in [-0.3, -0.25) is 9.59 Å². The Hall–Kier alpha value is -1.53. The van der Waals surface area contributed by atoms with Crippen molar-refractivity contribution in [2.45, 2.75) is 38.0 Å². The second kappa shape index (κ2) is 8.93. The third kappa shape index (κ3) is 6.23. The zero-order valence-corrected chi connectivity index (χ0v) is 14.5. The first-order valence-corrected chi connectivity index (χ1v) is 9.08. The molecule has 6 heteroatoms. The second-order valence-corrected chi connectivity index (χ2v) is 7.25. The molecule has 2 unspecified atom stereocenters. The minimum Gasteiger partial charge on any atom is -0.351 e. The number of amides is 2. The molecule has 126 valence electrons. The Morgan fingerprint density at radius 1 is 1.35 bits per heavy atom. The zero-order valence-electron chi connectivity index (χ0n) is 13.7. The van der Waals surface area contributed by atoms with E-state index >= 15 is 0 Å². The first kappa shape index (κ1) is 17.8. The van der Waals surface area contributed by atoms with Crippen molar-refractivity contribution >= 4 is 29.3 Å². The van der Waals surface area contributed by atoms with Gasteiger partial charge in [0.1, 0.15) is 0 Å². The van der Waals surface area contributed by atoms with Gasteiger partial charge in [0.05, 0.1) is 11.0 Å². The van der Waals surface area contributed by atoms with Crippen molar-refractivity contribution in [2.75, 3.05) is 24.2 Å². The summed E-state index contributed by atoms with van der Waals surface area (Å²) in [4.78, 5) is 24.1. The molecule has 5 nitrogen and oxygen atoms in total. The topological polar surface area (TPSA) is 70.2 Å². The number of rotatable bonds is 6. The molecule has 1 aromatic carbocycles. The minimum atomic E-state index is -0.235. The summed E-state index contributed by atoms with van der Waals surface area (Å²) in [6, 6.07) is 7.88. The molecule has 0 bridgehead atoms. The van der Waals surface area contributed by atoms with Gasteiger partial charge in [0.15, 0.2) is 0 Å². The number of carbonyl (C=O) groups is 2. The molecular formula is C17H25N3O2S. The molecule has 1 aromatic rings. The van der Waals surface area contributed by atoms with Gasteiger partial charge in [0, 0.05) is 18.3 Å². The number of aryl methyl sites for hydroxylation is 1. The largest absolute Gasteiger partial charge is 0.351 e. The molecule has 2 amide bonds. The van der Waals surface area contributed by atoms with Crippen LogP contribution in [0.1, 0.15) is 25.3 Å². The molecule has 0 aromatic heterocycles. The Labute approximate surface area is 142 Å². The van der Waals surface area contributed by atoms with Crippen LogP contribution in [0.2, 0.25) is 0 Å². The molecule has 0 spiro atoms. The smallest absolute Gasteiger partial charge is 0.234 e. The molecule has 2 rings (SSSR count). The van der Waals surface area contributed by atoms with Crippen LogP contribution in [0, 0.1) is 6.92 Å². The first-order chi connectivity index (χ1) is 11.0. The number of hydrogen-bond donors (Lipinski definition) is 3. The fraction of sp³-hybridized carbons (Fsp3) is 0.529. The molecule has 1 saturated heterocycles. The zero-order chi connectivity index (χ0) is 16.7. The van der Waals surface area contributed by atoms with E-state index < -0.39 is 0 Å². The van der Waals surface area contributed by atoms with Gasteiger partial charge < -0.3 is 16.0 Å². The molecule has 23 heavy (non-hydrogen) atoms. The molecule has 0 radical (unpaired) electrons. The van der Waals surface area contributed by atoms with E-state index in [-0.39, 0.29) is 28.9 Å². The van der Waals surface area contributed by atoms with Crippen LogP contribution in [-0.2, 0) is 9.59 Å². The third-order valence-electron chi connectivity index (χ3n) is 3.81. The van der Waals surface area contributed by atoms with E-state index in [4.69, 9.17) is 0 Å². The highest BCUT2D eigenvalue weighted by atomic mass is 32.2. The minimum absolute atomic E-state index is 0.00633. The Morgan fingerprint density at radius 3 is 2.74 bits per heavy atom. The van der Waals surface area contributed by atoms with Gasteiger partial charge >= 0.3 is 0 Å². The fourth-order valence-electron chi connectivity index (χ4n) is 2.40. The van der Waals surface area contributed by atoms with Crippen molar-refractivity contribution in [2.24, 2.45) is 0 Å². The number of benzene rings is 1. The lowest BCUT2D eigenvalue weighted by Crippen LogP contribution is -2.47. The van der Waals surface area contributed by atoms with Crippen LogP contribution in [0.25, 0.3) is 0 Å². The lowest BCUT2D eigenvalue weighted by atomic mass is 10.1. The summed E-state index contributed by atoms with van der Waals surface area (Å²) in [6.45, 7) is 5.70. The van der Waals surface area contributed by atoms with Crippen molar-refractivity contribution in [3.8, 4) is 0 Å². The molecule has 2 atom stereocenters. The third-order valence-corrected chi connectivity index (χ3v) is 4.96. The van der Waals surface area contributed by atoms with E-state index in [0.29, 0.717) is 0 Å². The molecule has 1 aliphatic heterocycles. The lowest BCUT2D eigenvalue weighted by molar-refractivity contribution is -0.121. The number of hydrogen-bond acceptors (Lipinski definition) is 4. The maximum absolute atomic E-state index is 12.1. The van der Waals surface area contributed by atoms with Crippen molar-refractivity contribution in [3.05, 3.63) is 29.8 Å². The SMILES string of the molecule is Cc1ccc(NC(=O)CSC(C)C(=O)NC2CCCNC2)cc1. The van der Waals surface area contributed by atoms with Gasteiger partial charge in [-0.25, -0.2) is 0 Å². The van der Waals surface area contributed by atoms with Crippen molar-refractivity contribution in [1.82, 2.24) is 10.6 Å². The maximum Gasteiger partial charge on any atom is 0.234 e. The molecule has 0 aliphatic carbocycles. The number of nitrogens with one attached hydrogen (secondary N) is 3. The van der Waals surface area contributed by atoms with Gasteiger partial charge in [0.2, 0.25) is 11.8 Å². The molecular weight excluding hydrogens is 310 g/mol. The lowest BCUT2D eigenvalue weighted by Gasteiger charge is -2.25. The first-order valence-electron chi connectivity index (χ1n) is 8.04. The van der Waals surface area contributed by atoms with E-state index in [9.17, 15) is 9.59 Å². The predicted molar refractivity (Wildman–Crippen MR) is 95.8 cm³/mol. The van der Waals surface area contributed by atoms with Crippen LogP contribution in [0.15, 0.2) is 24.3 Å². The highest BCUT2D eigenvalue weighted by Gasteiger charge is 2.20. The molecule has 0 saturated carbocycles. The Morgan fingerprint density at radius 2 is 2.09 bits per heavy atom. The molecule has 1 fully saturated rings. The maximum atomic E-state index is 12.1.